The zero-order valence-corrected chi connectivity index (χ0v) is 29.2. The van der Waals surface area contributed by atoms with E-state index in [0.717, 1.165) is 12.0 Å². The van der Waals surface area contributed by atoms with Crippen molar-refractivity contribution in [2.75, 3.05) is 26.2 Å². The molecule has 4 aliphatic rings. The largest absolute Gasteiger partial charge is 0.354 e. The molecule has 2 heterocycles. The van der Waals surface area contributed by atoms with E-state index < -0.39 is 24.0 Å². The van der Waals surface area contributed by atoms with E-state index in [4.69, 9.17) is 4.98 Å². The molecule has 12 heteroatoms. The lowest BCUT2D eigenvalue weighted by Crippen LogP contribution is -2.54. The van der Waals surface area contributed by atoms with Gasteiger partial charge in [-0.15, -0.1) is 0 Å². The first kappa shape index (κ1) is 35.3. The fourth-order valence-electron chi connectivity index (χ4n) is 7.28. The number of allylic oxidation sites excluding steroid dienone is 1. The Morgan fingerprint density at radius 3 is 2.38 bits per heavy atom. The maximum Gasteiger partial charge on any atom is 0.243 e. The Balaban J connectivity index is 1.38. The fourth-order valence-corrected chi connectivity index (χ4v) is 7.28. The van der Waals surface area contributed by atoms with E-state index in [1.54, 1.807) is 13.8 Å². The average molecular weight is 661 g/mol. The molecule has 0 unspecified atom stereocenters. The number of nitrogens with one attached hydrogen (secondary N) is 4. The first-order valence-electron chi connectivity index (χ1n) is 17.4. The predicted molar refractivity (Wildman–Crippen MR) is 183 cm³/mol. The van der Waals surface area contributed by atoms with Crippen LogP contribution in [-0.4, -0.2) is 81.6 Å². The standard InChI is InChI=1S/C36H52N8O4/c1-22(2)17-29-35(48)39-23(3)33-41-32(25-11-8-7-9-12-25)42-44(33)21-30(45)37-15-10-16-43(20-31(46)38-24(4)34(47)40-29)19-26-13-14-27-18-28(26)36(27,5)6/h7-9,11-13,22-24,27-29H,10,14-21H2,1-6H3,(H,37,45)(H,38,46)(H,39,48)(H,40,47)/t23-,24+,27-,28-,29+/m0/s1. The molecule has 0 radical (unpaired) electrons. The van der Waals surface area contributed by atoms with Crippen molar-refractivity contribution < 1.29 is 19.2 Å². The van der Waals surface area contributed by atoms with Crippen molar-refractivity contribution in [2.45, 2.75) is 91.9 Å². The molecule has 1 saturated carbocycles. The number of amides is 4. The first-order valence-corrected chi connectivity index (χ1v) is 17.4. The highest BCUT2D eigenvalue weighted by Crippen LogP contribution is 2.59. The van der Waals surface area contributed by atoms with E-state index in [-0.39, 0.29) is 42.1 Å². The number of rotatable bonds is 5. The molecule has 5 atom stereocenters. The van der Waals surface area contributed by atoms with Gasteiger partial charge in [0.05, 0.1) is 12.6 Å². The molecule has 2 aromatic rings. The molecule has 260 valence electrons. The van der Waals surface area contributed by atoms with Crippen molar-refractivity contribution in [1.82, 2.24) is 40.9 Å². The number of hydrogen-bond donors (Lipinski definition) is 4. The van der Waals surface area contributed by atoms with Crippen molar-refractivity contribution >= 4 is 23.6 Å². The third-order valence-corrected chi connectivity index (χ3v) is 10.2. The van der Waals surface area contributed by atoms with E-state index in [9.17, 15) is 19.2 Å². The molecule has 1 fully saturated rings. The molecular weight excluding hydrogens is 608 g/mol. The third kappa shape index (κ3) is 8.32. The first-order chi connectivity index (χ1) is 22.8. The van der Waals surface area contributed by atoms with Crippen molar-refractivity contribution in [3.63, 3.8) is 0 Å². The molecule has 12 nitrogen and oxygen atoms in total. The summed E-state index contributed by atoms with van der Waals surface area (Å²) in [6.45, 7) is 13.8. The van der Waals surface area contributed by atoms with E-state index >= 15 is 0 Å². The second-order valence-electron chi connectivity index (χ2n) is 14.8. The Morgan fingerprint density at radius 2 is 1.69 bits per heavy atom. The van der Waals surface area contributed by atoms with Crippen LogP contribution in [0.5, 0.6) is 0 Å². The van der Waals surface area contributed by atoms with Gasteiger partial charge in [0, 0.05) is 25.2 Å². The third-order valence-electron chi connectivity index (χ3n) is 10.2. The Bertz CT molecular complexity index is 1520. The number of aromatic nitrogens is 3. The molecule has 4 N–H and O–H groups in total. The predicted octanol–water partition coefficient (Wildman–Crippen LogP) is 2.97. The summed E-state index contributed by atoms with van der Waals surface area (Å²) in [5.41, 5.74) is 2.42. The van der Waals surface area contributed by atoms with Gasteiger partial charge in [-0.2, -0.15) is 5.10 Å². The molecule has 2 bridgehead atoms. The Morgan fingerprint density at radius 1 is 0.938 bits per heavy atom. The zero-order chi connectivity index (χ0) is 34.6. The zero-order valence-electron chi connectivity index (χ0n) is 29.2. The monoisotopic (exact) mass is 660 g/mol. The number of nitrogens with zero attached hydrogens (tertiary/aromatic N) is 4. The van der Waals surface area contributed by atoms with Gasteiger partial charge in [0.15, 0.2) is 5.82 Å². The minimum Gasteiger partial charge on any atom is -0.354 e. The normalized spacial score (nSPS) is 27.6. The molecule has 4 amide bonds. The van der Waals surface area contributed by atoms with E-state index in [2.05, 4.69) is 51.2 Å². The number of benzene rings is 1. The van der Waals surface area contributed by atoms with Crippen LogP contribution in [-0.2, 0) is 25.7 Å². The molecule has 3 aliphatic carbocycles. The summed E-state index contributed by atoms with van der Waals surface area (Å²) in [4.78, 5) is 60.3. The molecule has 1 aromatic carbocycles. The highest BCUT2D eigenvalue weighted by molar-refractivity contribution is 5.92. The second-order valence-corrected chi connectivity index (χ2v) is 14.8. The average Bonchev–Trinajstić information content (AvgIpc) is 3.46. The van der Waals surface area contributed by atoms with Crippen LogP contribution in [0.1, 0.15) is 79.1 Å². The van der Waals surface area contributed by atoms with Crippen molar-refractivity contribution in [2.24, 2.45) is 23.2 Å². The topological polar surface area (TPSA) is 150 Å². The summed E-state index contributed by atoms with van der Waals surface area (Å²) >= 11 is 0. The van der Waals surface area contributed by atoms with Gasteiger partial charge in [-0.25, -0.2) is 9.67 Å². The van der Waals surface area contributed by atoms with Gasteiger partial charge in [0.2, 0.25) is 23.6 Å². The van der Waals surface area contributed by atoms with Crippen LogP contribution in [0.15, 0.2) is 42.0 Å². The fraction of sp³-hybridized carbons (Fsp3) is 0.611. The second kappa shape index (κ2) is 15.0. The highest BCUT2D eigenvalue weighted by Gasteiger charge is 2.51. The van der Waals surface area contributed by atoms with Crippen LogP contribution >= 0.6 is 0 Å². The summed E-state index contributed by atoms with van der Waals surface area (Å²) in [6, 6.07) is 7.19. The molecule has 48 heavy (non-hydrogen) atoms. The van der Waals surface area contributed by atoms with Crippen LogP contribution in [0.3, 0.4) is 0 Å². The van der Waals surface area contributed by atoms with Gasteiger partial charge >= 0.3 is 0 Å². The summed E-state index contributed by atoms with van der Waals surface area (Å²) in [6.07, 6.45) is 5.63. The lowest BCUT2D eigenvalue weighted by atomic mass is 9.49. The van der Waals surface area contributed by atoms with Crippen LogP contribution in [0.25, 0.3) is 11.4 Å². The Labute approximate surface area is 283 Å². The molecule has 1 aliphatic heterocycles. The number of fused-ring (bicyclic) bond motifs is 2. The molecule has 6 rings (SSSR count). The van der Waals surface area contributed by atoms with E-state index in [0.29, 0.717) is 56.0 Å². The van der Waals surface area contributed by atoms with Crippen LogP contribution in [0.2, 0.25) is 0 Å². The molecular formula is C36H52N8O4. The summed E-state index contributed by atoms with van der Waals surface area (Å²) in [7, 11) is 0. The van der Waals surface area contributed by atoms with Crippen LogP contribution in [0, 0.1) is 23.2 Å². The SMILES string of the molecule is CC(C)C[C@H]1NC(=O)[C@@H](C)NC(=O)CN(CC2=CC[C@H]3C[C@@H]2C3(C)C)CCCNC(=O)Cn2nc(-c3ccccc3)nc2[C@H](C)NC1=O. The van der Waals surface area contributed by atoms with Crippen molar-refractivity contribution in [3.05, 3.63) is 47.8 Å². The molecule has 1 aromatic heterocycles. The Hall–Kier alpha value is -4.06. The minimum absolute atomic E-state index is 0.0734. The van der Waals surface area contributed by atoms with Crippen molar-refractivity contribution in [1.29, 1.82) is 0 Å². The molecule has 0 saturated heterocycles. The maximum absolute atomic E-state index is 13.6. The van der Waals surface area contributed by atoms with Crippen LogP contribution in [0.4, 0.5) is 0 Å². The lowest BCUT2D eigenvalue weighted by Gasteiger charge is -2.57. The van der Waals surface area contributed by atoms with Gasteiger partial charge in [-0.05, 0) is 62.7 Å². The number of carbonyl (C=O) groups is 4. The van der Waals surface area contributed by atoms with Crippen molar-refractivity contribution in [3.8, 4) is 11.4 Å². The van der Waals surface area contributed by atoms with Gasteiger partial charge in [-0.1, -0.05) is 69.7 Å². The lowest BCUT2D eigenvalue weighted by molar-refractivity contribution is -0.132. The van der Waals surface area contributed by atoms with Gasteiger partial charge in [-0.3, -0.25) is 24.1 Å². The Kier molecular flexibility index (Phi) is 11.0. The van der Waals surface area contributed by atoms with Gasteiger partial charge in [0.1, 0.15) is 24.5 Å². The number of carbonyl (C=O) groups excluding carboxylic acids is 4. The van der Waals surface area contributed by atoms with Gasteiger partial charge in [0.25, 0.3) is 0 Å². The van der Waals surface area contributed by atoms with Crippen LogP contribution < -0.4 is 21.3 Å². The maximum atomic E-state index is 13.6. The number of hydrogen-bond acceptors (Lipinski definition) is 7. The highest BCUT2D eigenvalue weighted by atomic mass is 16.2. The van der Waals surface area contributed by atoms with Gasteiger partial charge < -0.3 is 21.3 Å². The quantitative estimate of drug-likeness (QED) is 0.360. The smallest absolute Gasteiger partial charge is 0.243 e. The minimum atomic E-state index is -0.836. The molecule has 0 spiro atoms. The summed E-state index contributed by atoms with van der Waals surface area (Å²) in [5, 5.41) is 16.4. The van der Waals surface area contributed by atoms with E-state index in [1.165, 1.54) is 16.7 Å². The summed E-state index contributed by atoms with van der Waals surface area (Å²) < 4.78 is 1.53. The summed E-state index contributed by atoms with van der Waals surface area (Å²) in [5.74, 6) is 0.918. The van der Waals surface area contributed by atoms with E-state index in [1.807, 2.05) is 44.2 Å².